The lowest BCUT2D eigenvalue weighted by Crippen LogP contribution is -2.41. The summed E-state index contributed by atoms with van der Waals surface area (Å²) in [4.78, 5) is 14.5. The molecule has 132 valence electrons. The Kier molecular flexibility index (Phi) is 5.76. The third-order valence-electron chi connectivity index (χ3n) is 4.96. The van der Waals surface area contributed by atoms with Gasteiger partial charge in [-0.2, -0.15) is 0 Å². The van der Waals surface area contributed by atoms with Crippen LogP contribution in [-0.4, -0.2) is 42.2 Å². The van der Waals surface area contributed by atoms with Crippen LogP contribution in [0.25, 0.3) is 0 Å². The van der Waals surface area contributed by atoms with Gasteiger partial charge in [0.05, 0.1) is 11.2 Å². The van der Waals surface area contributed by atoms with Crippen LogP contribution in [0.1, 0.15) is 64.7 Å². The highest BCUT2D eigenvalue weighted by Crippen LogP contribution is 2.36. The molecule has 1 amide bonds. The number of rotatable bonds is 6. The zero-order valence-corrected chi connectivity index (χ0v) is 15.9. The van der Waals surface area contributed by atoms with E-state index in [2.05, 4.69) is 13.8 Å². The second kappa shape index (κ2) is 7.28. The van der Waals surface area contributed by atoms with Crippen molar-refractivity contribution in [2.24, 2.45) is 0 Å². The third kappa shape index (κ3) is 3.84. The van der Waals surface area contributed by atoms with Crippen molar-refractivity contribution in [2.75, 3.05) is 13.1 Å². The van der Waals surface area contributed by atoms with Gasteiger partial charge in [-0.05, 0) is 58.1 Å². The molecule has 0 spiro atoms. The maximum absolute atomic E-state index is 12.6. The summed E-state index contributed by atoms with van der Waals surface area (Å²) in [7, 11) is -0.387. The van der Waals surface area contributed by atoms with E-state index < -0.39 is 0 Å². The number of nitrogens with zero attached hydrogens (tertiary/aromatic N) is 1. The first-order valence-corrected chi connectivity index (χ1v) is 8.96. The van der Waals surface area contributed by atoms with Crippen LogP contribution in [0, 0.1) is 0 Å². The zero-order valence-electron chi connectivity index (χ0n) is 15.9. The van der Waals surface area contributed by atoms with Crippen LogP contribution in [0.2, 0.25) is 0 Å². The van der Waals surface area contributed by atoms with E-state index in [1.54, 1.807) is 0 Å². The molecule has 24 heavy (non-hydrogen) atoms. The van der Waals surface area contributed by atoms with Gasteiger partial charge in [0.25, 0.3) is 5.91 Å². The molecule has 0 radical (unpaired) electrons. The SMILES string of the molecule is CCCN(CCC)C(=O)c1ccc(B2OC(C)(C)C(C)(C)O2)cc1. The largest absolute Gasteiger partial charge is 0.494 e. The summed E-state index contributed by atoms with van der Waals surface area (Å²) in [5.41, 5.74) is 0.955. The van der Waals surface area contributed by atoms with Crippen LogP contribution in [0.5, 0.6) is 0 Å². The lowest BCUT2D eigenvalue weighted by Gasteiger charge is -2.32. The van der Waals surface area contributed by atoms with Gasteiger partial charge in [-0.3, -0.25) is 4.79 Å². The highest BCUT2D eigenvalue weighted by Gasteiger charge is 2.51. The third-order valence-corrected chi connectivity index (χ3v) is 4.96. The summed E-state index contributed by atoms with van der Waals surface area (Å²) >= 11 is 0. The summed E-state index contributed by atoms with van der Waals surface area (Å²) in [5, 5.41) is 0. The average molecular weight is 331 g/mol. The minimum atomic E-state index is -0.387. The first-order valence-electron chi connectivity index (χ1n) is 8.96. The fraction of sp³-hybridized carbons (Fsp3) is 0.632. The van der Waals surface area contributed by atoms with Crippen molar-refractivity contribution in [1.82, 2.24) is 4.90 Å². The molecule has 1 aromatic rings. The second-order valence-electron chi connectivity index (χ2n) is 7.50. The molecular weight excluding hydrogens is 301 g/mol. The Bertz CT molecular complexity index is 546. The molecule has 1 fully saturated rings. The van der Waals surface area contributed by atoms with Crippen LogP contribution >= 0.6 is 0 Å². The predicted molar refractivity (Wildman–Crippen MR) is 98.6 cm³/mol. The van der Waals surface area contributed by atoms with Crippen molar-refractivity contribution in [2.45, 2.75) is 65.6 Å². The average Bonchev–Trinajstić information content (AvgIpc) is 2.75. The van der Waals surface area contributed by atoms with Crippen LogP contribution in [0.15, 0.2) is 24.3 Å². The highest BCUT2D eigenvalue weighted by atomic mass is 16.7. The number of amides is 1. The number of carbonyl (C=O) groups is 1. The maximum atomic E-state index is 12.6. The molecule has 0 atom stereocenters. The summed E-state index contributed by atoms with van der Waals surface area (Å²) in [6.07, 6.45) is 1.94. The van der Waals surface area contributed by atoms with E-state index in [0.29, 0.717) is 0 Å². The van der Waals surface area contributed by atoms with Gasteiger partial charge in [0.2, 0.25) is 0 Å². The van der Waals surface area contributed by atoms with Crippen LogP contribution in [0.3, 0.4) is 0 Å². The van der Waals surface area contributed by atoms with Gasteiger partial charge in [0.15, 0.2) is 0 Å². The lowest BCUT2D eigenvalue weighted by atomic mass is 9.79. The fourth-order valence-electron chi connectivity index (χ4n) is 2.80. The van der Waals surface area contributed by atoms with E-state index >= 15 is 0 Å². The van der Waals surface area contributed by atoms with Crippen molar-refractivity contribution >= 4 is 18.5 Å². The first-order chi connectivity index (χ1) is 11.2. The van der Waals surface area contributed by atoms with Gasteiger partial charge in [-0.25, -0.2) is 0 Å². The minimum absolute atomic E-state index is 0.0965. The van der Waals surface area contributed by atoms with Gasteiger partial charge < -0.3 is 14.2 Å². The number of hydrogen-bond donors (Lipinski definition) is 0. The molecular formula is C19H30BNO3. The molecule has 1 heterocycles. The standard InChI is InChI=1S/C19H30BNO3/c1-7-13-21(14-8-2)17(22)15-9-11-16(12-10-15)20-23-18(3,4)19(5,6)24-20/h9-12H,7-8,13-14H2,1-6H3. The van der Waals surface area contributed by atoms with Gasteiger partial charge in [0.1, 0.15) is 0 Å². The van der Waals surface area contributed by atoms with Crippen molar-refractivity contribution in [3.05, 3.63) is 29.8 Å². The van der Waals surface area contributed by atoms with E-state index in [0.717, 1.165) is 37.0 Å². The highest BCUT2D eigenvalue weighted by molar-refractivity contribution is 6.62. The van der Waals surface area contributed by atoms with Crippen molar-refractivity contribution in [1.29, 1.82) is 0 Å². The van der Waals surface area contributed by atoms with Crippen molar-refractivity contribution < 1.29 is 14.1 Å². The quantitative estimate of drug-likeness (QED) is 0.751. The van der Waals surface area contributed by atoms with E-state index in [1.165, 1.54) is 0 Å². The molecule has 0 aromatic heterocycles. The Morgan fingerprint density at radius 2 is 1.42 bits per heavy atom. The number of hydrogen-bond acceptors (Lipinski definition) is 3. The van der Waals surface area contributed by atoms with E-state index in [1.807, 2.05) is 56.9 Å². The smallest absolute Gasteiger partial charge is 0.399 e. The first kappa shape index (κ1) is 19.0. The Labute approximate surface area is 146 Å². The van der Waals surface area contributed by atoms with Crippen LogP contribution < -0.4 is 5.46 Å². The second-order valence-corrected chi connectivity index (χ2v) is 7.50. The minimum Gasteiger partial charge on any atom is -0.399 e. The summed E-state index contributed by atoms with van der Waals surface area (Å²) in [5.74, 6) is 0.0965. The summed E-state index contributed by atoms with van der Waals surface area (Å²) in [6.45, 7) is 13.9. The molecule has 0 aliphatic carbocycles. The van der Waals surface area contributed by atoms with Gasteiger partial charge >= 0.3 is 7.12 Å². The molecule has 1 aliphatic rings. The summed E-state index contributed by atoms with van der Waals surface area (Å²) < 4.78 is 12.1. The van der Waals surface area contributed by atoms with Gasteiger partial charge in [-0.1, -0.05) is 26.0 Å². The van der Waals surface area contributed by atoms with Crippen LogP contribution in [0.4, 0.5) is 0 Å². The predicted octanol–water partition coefficient (Wildman–Crippen LogP) is 3.25. The Balaban J connectivity index is 2.12. The molecule has 0 unspecified atom stereocenters. The van der Waals surface area contributed by atoms with Gasteiger partial charge in [-0.15, -0.1) is 0 Å². The molecule has 4 nitrogen and oxygen atoms in total. The number of benzene rings is 1. The number of carbonyl (C=O) groups excluding carboxylic acids is 1. The maximum Gasteiger partial charge on any atom is 0.494 e. The summed E-state index contributed by atoms with van der Waals surface area (Å²) in [6, 6.07) is 7.62. The topological polar surface area (TPSA) is 38.8 Å². The van der Waals surface area contributed by atoms with E-state index in [4.69, 9.17) is 9.31 Å². The van der Waals surface area contributed by atoms with Crippen molar-refractivity contribution in [3.8, 4) is 0 Å². The molecule has 1 aromatic carbocycles. The molecule has 0 saturated carbocycles. The Morgan fingerprint density at radius 1 is 0.958 bits per heavy atom. The van der Waals surface area contributed by atoms with E-state index in [-0.39, 0.29) is 24.2 Å². The lowest BCUT2D eigenvalue weighted by molar-refractivity contribution is 0.00578. The molecule has 0 bridgehead atoms. The normalized spacial score (nSPS) is 18.7. The molecule has 0 N–H and O–H groups in total. The fourth-order valence-corrected chi connectivity index (χ4v) is 2.80. The molecule has 1 aliphatic heterocycles. The molecule has 1 saturated heterocycles. The monoisotopic (exact) mass is 331 g/mol. The Morgan fingerprint density at radius 3 is 1.83 bits per heavy atom. The van der Waals surface area contributed by atoms with Gasteiger partial charge in [0, 0.05) is 18.7 Å². The van der Waals surface area contributed by atoms with Crippen LogP contribution in [-0.2, 0) is 9.31 Å². The van der Waals surface area contributed by atoms with Crippen molar-refractivity contribution in [3.63, 3.8) is 0 Å². The Hall–Kier alpha value is -1.33. The molecule has 2 rings (SSSR count). The molecule has 5 heteroatoms. The van der Waals surface area contributed by atoms with E-state index in [9.17, 15) is 4.79 Å². The zero-order chi connectivity index (χ0) is 18.0.